The molecule has 0 unspecified atom stereocenters. The summed E-state index contributed by atoms with van der Waals surface area (Å²) < 4.78 is 42.8. The number of halogens is 3. The standard InChI is InChI=1S/C19H21F3N4O3S/c1-2-29-16(27)9-14-11-30-18(24-14)25-17(28)12-5-7-26(8-6-12)15-4-3-13(10-23-15)19(20,21)22/h3-4,10-12H,2,5-9H2,1H3,(H,24,25,28). The van der Waals surface area contributed by atoms with Gasteiger partial charge in [-0.25, -0.2) is 9.97 Å². The van der Waals surface area contributed by atoms with Crippen LogP contribution < -0.4 is 10.2 Å². The molecular formula is C19H21F3N4O3S. The molecule has 7 nitrogen and oxygen atoms in total. The van der Waals surface area contributed by atoms with Crippen LogP contribution in [0.25, 0.3) is 0 Å². The molecule has 3 rings (SSSR count). The number of nitrogens with zero attached hydrogens (tertiary/aromatic N) is 3. The average Bonchev–Trinajstić information content (AvgIpc) is 3.14. The summed E-state index contributed by atoms with van der Waals surface area (Å²) >= 11 is 1.24. The molecule has 1 N–H and O–H groups in total. The number of pyridine rings is 1. The molecule has 0 aliphatic carbocycles. The summed E-state index contributed by atoms with van der Waals surface area (Å²) in [5, 5.41) is 4.90. The van der Waals surface area contributed by atoms with Gasteiger partial charge >= 0.3 is 12.1 Å². The predicted molar refractivity (Wildman–Crippen MR) is 105 cm³/mol. The van der Waals surface area contributed by atoms with E-state index in [-0.39, 0.29) is 24.2 Å². The number of rotatable bonds is 6. The molecule has 162 valence electrons. The number of piperidine rings is 1. The van der Waals surface area contributed by atoms with E-state index in [0.717, 1.165) is 12.3 Å². The zero-order valence-corrected chi connectivity index (χ0v) is 17.1. The number of esters is 1. The number of aromatic nitrogens is 2. The molecule has 11 heteroatoms. The van der Waals surface area contributed by atoms with Crippen molar-refractivity contribution in [3.05, 3.63) is 35.0 Å². The van der Waals surface area contributed by atoms with Gasteiger partial charge in [-0.3, -0.25) is 9.59 Å². The fraction of sp³-hybridized carbons (Fsp3) is 0.474. The second-order valence-electron chi connectivity index (χ2n) is 6.78. The lowest BCUT2D eigenvalue weighted by Gasteiger charge is -2.32. The first kappa shape index (κ1) is 22.0. The average molecular weight is 442 g/mol. The van der Waals surface area contributed by atoms with Crippen molar-refractivity contribution in [2.75, 3.05) is 29.9 Å². The number of ether oxygens (including phenoxy) is 1. The van der Waals surface area contributed by atoms with E-state index in [2.05, 4.69) is 15.3 Å². The maximum absolute atomic E-state index is 12.7. The zero-order chi connectivity index (χ0) is 21.7. The van der Waals surface area contributed by atoms with Gasteiger partial charge in [-0.1, -0.05) is 0 Å². The molecule has 2 aromatic rings. The van der Waals surface area contributed by atoms with Gasteiger partial charge in [0.2, 0.25) is 5.91 Å². The van der Waals surface area contributed by atoms with Crippen LogP contribution in [0.5, 0.6) is 0 Å². The van der Waals surface area contributed by atoms with E-state index in [4.69, 9.17) is 4.74 Å². The minimum Gasteiger partial charge on any atom is -0.466 e. The van der Waals surface area contributed by atoms with Crippen molar-refractivity contribution in [1.82, 2.24) is 9.97 Å². The van der Waals surface area contributed by atoms with Gasteiger partial charge in [0.15, 0.2) is 5.13 Å². The smallest absolute Gasteiger partial charge is 0.417 e. The van der Waals surface area contributed by atoms with E-state index in [0.29, 0.717) is 49.2 Å². The lowest BCUT2D eigenvalue weighted by atomic mass is 9.96. The Balaban J connectivity index is 1.49. The molecule has 0 aromatic carbocycles. The minimum absolute atomic E-state index is 0.0543. The molecule has 1 saturated heterocycles. The molecule has 0 radical (unpaired) electrons. The van der Waals surface area contributed by atoms with Crippen LogP contribution in [0.1, 0.15) is 31.0 Å². The summed E-state index contributed by atoms with van der Waals surface area (Å²) in [5.41, 5.74) is -0.247. The number of anilines is 2. The van der Waals surface area contributed by atoms with Crippen molar-refractivity contribution in [3.63, 3.8) is 0 Å². The van der Waals surface area contributed by atoms with E-state index < -0.39 is 11.7 Å². The molecule has 0 saturated carbocycles. The minimum atomic E-state index is -4.41. The summed E-state index contributed by atoms with van der Waals surface area (Å²) in [6.45, 7) is 3.06. The lowest BCUT2D eigenvalue weighted by molar-refractivity contribution is -0.142. The first-order valence-electron chi connectivity index (χ1n) is 9.45. The zero-order valence-electron chi connectivity index (χ0n) is 16.2. The maximum Gasteiger partial charge on any atom is 0.417 e. The van der Waals surface area contributed by atoms with Crippen LogP contribution in [0.15, 0.2) is 23.7 Å². The largest absolute Gasteiger partial charge is 0.466 e. The van der Waals surface area contributed by atoms with E-state index >= 15 is 0 Å². The van der Waals surface area contributed by atoms with E-state index in [1.54, 1.807) is 12.3 Å². The number of hydrogen-bond donors (Lipinski definition) is 1. The summed E-state index contributed by atoms with van der Waals surface area (Å²) in [6, 6.07) is 2.36. The Morgan fingerprint density at radius 2 is 2.03 bits per heavy atom. The van der Waals surface area contributed by atoms with Gasteiger partial charge in [0, 0.05) is 30.6 Å². The number of amides is 1. The maximum atomic E-state index is 12.7. The quantitative estimate of drug-likeness (QED) is 0.690. The van der Waals surface area contributed by atoms with Crippen LogP contribution in [0.4, 0.5) is 24.1 Å². The van der Waals surface area contributed by atoms with Gasteiger partial charge in [0.25, 0.3) is 0 Å². The van der Waals surface area contributed by atoms with E-state index in [1.807, 2.05) is 4.90 Å². The topological polar surface area (TPSA) is 84.4 Å². The fourth-order valence-electron chi connectivity index (χ4n) is 3.12. The van der Waals surface area contributed by atoms with Crippen LogP contribution in [-0.2, 0) is 26.9 Å². The van der Waals surface area contributed by atoms with Gasteiger partial charge in [-0.05, 0) is 31.9 Å². The van der Waals surface area contributed by atoms with Crippen LogP contribution in [0.3, 0.4) is 0 Å². The van der Waals surface area contributed by atoms with Crippen LogP contribution in [-0.4, -0.2) is 41.5 Å². The van der Waals surface area contributed by atoms with E-state index in [1.165, 1.54) is 17.4 Å². The van der Waals surface area contributed by atoms with Crippen LogP contribution >= 0.6 is 11.3 Å². The molecule has 1 aliphatic rings. The van der Waals surface area contributed by atoms with Gasteiger partial charge < -0.3 is 15.0 Å². The van der Waals surface area contributed by atoms with Crippen LogP contribution in [0, 0.1) is 5.92 Å². The number of hydrogen-bond acceptors (Lipinski definition) is 7. The van der Waals surface area contributed by atoms with Crippen LogP contribution in [0.2, 0.25) is 0 Å². The highest BCUT2D eigenvalue weighted by molar-refractivity contribution is 7.13. The number of thiazole rings is 1. The molecule has 2 aromatic heterocycles. The van der Waals surface area contributed by atoms with E-state index in [9.17, 15) is 22.8 Å². The monoisotopic (exact) mass is 442 g/mol. The highest BCUT2D eigenvalue weighted by atomic mass is 32.1. The first-order valence-corrected chi connectivity index (χ1v) is 10.3. The highest BCUT2D eigenvalue weighted by Crippen LogP contribution is 2.30. The summed E-state index contributed by atoms with van der Waals surface area (Å²) in [7, 11) is 0. The van der Waals surface area contributed by atoms with Gasteiger partial charge in [-0.15, -0.1) is 11.3 Å². The second-order valence-corrected chi connectivity index (χ2v) is 7.64. The second kappa shape index (κ2) is 9.41. The Kier molecular flexibility index (Phi) is 6.91. The SMILES string of the molecule is CCOC(=O)Cc1csc(NC(=O)C2CCN(c3ccc(C(F)(F)F)cn3)CC2)n1. The predicted octanol–water partition coefficient (Wildman–Crippen LogP) is 3.52. The molecule has 1 aliphatic heterocycles. The molecule has 0 spiro atoms. The Hall–Kier alpha value is -2.69. The lowest BCUT2D eigenvalue weighted by Crippen LogP contribution is -2.38. The molecular weight excluding hydrogens is 421 g/mol. The number of carbonyl (C=O) groups is 2. The molecule has 0 bridgehead atoms. The van der Waals surface area contributed by atoms with Crippen molar-refractivity contribution >= 4 is 34.2 Å². The normalized spacial score (nSPS) is 15.1. The Morgan fingerprint density at radius 3 is 2.63 bits per heavy atom. The third-order valence-corrected chi connectivity index (χ3v) is 5.48. The fourth-order valence-corrected chi connectivity index (χ4v) is 3.84. The number of alkyl halides is 3. The summed E-state index contributed by atoms with van der Waals surface area (Å²) in [4.78, 5) is 34.0. The third kappa shape index (κ3) is 5.68. The first-order chi connectivity index (χ1) is 14.3. The van der Waals surface area contributed by atoms with Crippen molar-refractivity contribution in [3.8, 4) is 0 Å². The molecule has 30 heavy (non-hydrogen) atoms. The van der Waals surface area contributed by atoms with Crippen molar-refractivity contribution < 1.29 is 27.5 Å². The highest BCUT2D eigenvalue weighted by Gasteiger charge is 2.31. The molecule has 0 atom stereocenters. The Labute approximate surface area is 175 Å². The molecule has 1 fully saturated rings. The Morgan fingerprint density at radius 1 is 1.30 bits per heavy atom. The van der Waals surface area contributed by atoms with Gasteiger partial charge in [0.1, 0.15) is 5.82 Å². The van der Waals surface area contributed by atoms with Crippen molar-refractivity contribution in [2.24, 2.45) is 5.92 Å². The van der Waals surface area contributed by atoms with Gasteiger partial charge in [-0.2, -0.15) is 13.2 Å². The van der Waals surface area contributed by atoms with Crippen molar-refractivity contribution in [2.45, 2.75) is 32.4 Å². The summed E-state index contributed by atoms with van der Waals surface area (Å²) in [5.74, 6) is -0.296. The molecule has 3 heterocycles. The third-order valence-electron chi connectivity index (χ3n) is 4.68. The number of carbonyl (C=O) groups excluding carboxylic acids is 2. The molecule has 1 amide bonds. The Bertz CT molecular complexity index is 878. The summed E-state index contributed by atoms with van der Waals surface area (Å²) in [6.07, 6.45) is -2.43. The number of nitrogens with one attached hydrogen (secondary N) is 1. The van der Waals surface area contributed by atoms with Crippen molar-refractivity contribution in [1.29, 1.82) is 0 Å². The van der Waals surface area contributed by atoms with Gasteiger partial charge in [0.05, 0.1) is 24.3 Å².